The number of halogens is 1. The van der Waals surface area contributed by atoms with Gasteiger partial charge in [-0.25, -0.2) is 4.79 Å². The summed E-state index contributed by atoms with van der Waals surface area (Å²) in [4.78, 5) is 21.6. The Labute approximate surface area is 126 Å². The van der Waals surface area contributed by atoms with Crippen molar-refractivity contribution in [1.82, 2.24) is 0 Å². The third kappa shape index (κ3) is 5.31. The summed E-state index contributed by atoms with van der Waals surface area (Å²) in [5.41, 5.74) is 0.128. The zero-order valence-corrected chi connectivity index (χ0v) is 12.3. The fourth-order valence-electron chi connectivity index (χ4n) is 1.42. The molecule has 0 amide bonds. The van der Waals surface area contributed by atoms with Crippen molar-refractivity contribution in [2.45, 2.75) is 13.8 Å². The van der Waals surface area contributed by atoms with Gasteiger partial charge in [0.05, 0.1) is 34.9 Å². The predicted molar refractivity (Wildman–Crippen MR) is 78.1 cm³/mol. The molecule has 7 nitrogen and oxygen atoms in total. The van der Waals surface area contributed by atoms with E-state index in [0.29, 0.717) is 6.61 Å². The van der Waals surface area contributed by atoms with E-state index in [2.05, 4.69) is 5.32 Å². The molecule has 8 heteroatoms. The molecular weight excluding hydrogens is 300 g/mol. The Hall–Kier alpha value is -2.28. The number of hydrogen-bond acceptors (Lipinski definition) is 6. The number of carbonyl (C=O) groups is 1. The molecule has 1 aromatic rings. The van der Waals surface area contributed by atoms with Crippen LogP contribution in [0.2, 0.25) is 5.02 Å². The summed E-state index contributed by atoms with van der Waals surface area (Å²) in [6.07, 6.45) is 1.11. The second kappa shape index (κ2) is 8.11. The summed E-state index contributed by atoms with van der Waals surface area (Å²) >= 11 is 5.96. The molecule has 1 rings (SSSR count). The number of nitro benzene ring substituents is 1. The van der Waals surface area contributed by atoms with E-state index < -0.39 is 10.9 Å². The number of ether oxygens (including phenoxy) is 2. The molecule has 0 aliphatic heterocycles. The molecule has 0 aliphatic carbocycles. The Morgan fingerprint density at radius 1 is 1.38 bits per heavy atom. The highest BCUT2D eigenvalue weighted by atomic mass is 35.5. The zero-order valence-electron chi connectivity index (χ0n) is 11.6. The van der Waals surface area contributed by atoms with Gasteiger partial charge >= 0.3 is 5.97 Å². The van der Waals surface area contributed by atoms with Crippen molar-refractivity contribution in [2.75, 3.05) is 18.5 Å². The average Bonchev–Trinajstić information content (AvgIpc) is 2.41. The van der Waals surface area contributed by atoms with Crippen LogP contribution in [0.4, 0.5) is 11.4 Å². The number of non-ortho nitro benzene ring substituents is 1. The summed E-state index contributed by atoms with van der Waals surface area (Å²) in [6.45, 7) is 3.93. The number of esters is 1. The molecule has 114 valence electrons. The first-order chi connectivity index (χ1) is 9.97. The zero-order chi connectivity index (χ0) is 15.8. The largest absolute Gasteiger partial charge is 0.479 e. The average molecular weight is 315 g/mol. The van der Waals surface area contributed by atoms with Crippen molar-refractivity contribution in [1.29, 1.82) is 0 Å². The van der Waals surface area contributed by atoms with Crippen molar-refractivity contribution in [3.05, 3.63) is 45.3 Å². The quantitative estimate of drug-likeness (QED) is 0.273. The lowest BCUT2D eigenvalue weighted by molar-refractivity contribution is -0.384. The van der Waals surface area contributed by atoms with Gasteiger partial charge in [-0.1, -0.05) is 11.6 Å². The van der Waals surface area contributed by atoms with Gasteiger partial charge < -0.3 is 14.8 Å². The van der Waals surface area contributed by atoms with E-state index >= 15 is 0 Å². The molecule has 21 heavy (non-hydrogen) atoms. The van der Waals surface area contributed by atoms with Crippen LogP contribution < -0.4 is 5.32 Å². The van der Waals surface area contributed by atoms with Crippen LogP contribution in [0, 0.1) is 10.1 Å². The van der Waals surface area contributed by atoms with Crippen LogP contribution >= 0.6 is 11.6 Å². The monoisotopic (exact) mass is 314 g/mol. The van der Waals surface area contributed by atoms with Gasteiger partial charge in [-0.3, -0.25) is 10.1 Å². The maximum atomic E-state index is 11.4. The van der Waals surface area contributed by atoms with Crippen LogP contribution in [0.1, 0.15) is 13.8 Å². The molecule has 0 atom stereocenters. The van der Waals surface area contributed by atoms with Gasteiger partial charge in [0, 0.05) is 12.1 Å². The molecule has 0 radical (unpaired) electrons. The van der Waals surface area contributed by atoms with Gasteiger partial charge in [0.1, 0.15) is 0 Å². The minimum atomic E-state index is -0.588. The second-order valence-corrected chi connectivity index (χ2v) is 4.15. The molecule has 1 aromatic carbocycles. The minimum Gasteiger partial charge on any atom is -0.479 e. The Morgan fingerprint density at radius 3 is 2.62 bits per heavy atom. The van der Waals surface area contributed by atoms with Gasteiger partial charge in [0.15, 0.2) is 5.88 Å². The number of carbonyl (C=O) groups excluding carboxylic acids is 1. The number of nitrogens with one attached hydrogen (secondary N) is 1. The van der Waals surface area contributed by atoms with Crippen molar-refractivity contribution >= 4 is 28.9 Å². The molecule has 0 unspecified atom stereocenters. The number of nitro groups is 1. The summed E-state index contributed by atoms with van der Waals surface area (Å²) < 4.78 is 10.0. The predicted octanol–water partition coefficient (Wildman–Crippen LogP) is 3.10. The highest BCUT2D eigenvalue weighted by Gasteiger charge is 2.12. The standard InChI is InChI=1S/C13H15ClN2O5/c1-3-20-12(8-13(17)21-4-2)15-11-7-9(16(18)19)5-6-10(11)14/h5-8,15H,3-4H2,1-2H3. The molecule has 0 spiro atoms. The molecular formula is C13H15ClN2O5. The lowest BCUT2D eigenvalue weighted by Crippen LogP contribution is -2.09. The van der Waals surface area contributed by atoms with E-state index in [1.165, 1.54) is 18.2 Å². The first-order valence-electron chi connectivity index (χ1n) is 6.20. The van der Waals surface area contributed by atoms with E-state index in [1.54, 1.807) is 13.8 Å². The van der Waals surface area contributed by atoms with Crippen LogP contribution in [-0.4, -0.2) is 24.1 Å². The summed E-state index contributed by atoms with van der Waals surface area (Å²) in [7, 11) is 0. The summed E-state index contributed by atoms with van der Waals surface area (Å²) in [5, 5.41) is 13.7. The highest BCUT2D eigenvalue weighted by molar-refractivity contribution is 6.33. The minimum absolute atomic E-state index is 0.0957. The number of rotatable bonds is 7. The fraction of sp³-hybridized carbons (Fsp3) is 0.308. The molecule has 1 N–H and O–H groups in total. The second-order valence-electron chi connectivity index (χ2n) is 3.74. The Kier molecular flexibility index (Phi) is 6.48. The molecule has 0 bridgehead atoms. The topological polar surface area (TPSA) is 90.7 Å². The smallest absolute Gasteiger partial charge is 0.336 e. The Bertz CT molecular complexity index is 559. The van der Waals surface area contributed by atoms with E-state index in [9.17, 15) is 14.9 Å². The van der Waals surface area contributed by atoms with Gasteiger partial charge in [0.25, 0.3) is 5.69 Å². The van der Waals surface area contributed by atoms with E-state index in [0.717, 1.165) is 6.08 Å². The third-order valence-electron chi connectivity index (χ3n) is 2.25. The molecule has 0 saturated heterocycles. The molecule has 0 fully saturated rings. The maximum Gasteiger partial charge on any atom is 0.336 e. The van der Waals surface area contributed by atoms with E-state index in [4.69, 9.17) is 21.1 Å². The molecule has 0 aromatic heterocycles. The normalized spacial score (nSPS) is 10.9. The lowest BCUT2D eigenvalue weighted by Gasteiger charge is -2.12. The molecule has 0 aliphatic rings. The summed E-state index contributed by atoms with van der Waals surface area (Å²) in [5.74, 6) is -0.492. The highest BCUT2D eigenvalue weighted by Crippen LogP contribution is 2.27. The van der Waals surface area contributed by atoms with Crippen LogP contribution in [0.15, 0.2) is 30.2 Å². The van der Waals surface area contributed by atoms with Crippen molar-refractivity contribution in [3.8, 4) is 0 Å². The van der Waals surface area contributed by atoms with Crippen molar-refractivity contribution in [2.24, 2.45) is 0 Å². The molecule has 0 saturated carbocycles. The van der Waals surface area contributed by atoms with Crippen LogP contribution in [0.3, 0.4) is 0 Å². The van der Waals surface area contributed by atoms with Crippen LogP contribution in [0.5, 0.6) is 0 Å². The number of hydrogen-bond donors (Lipinski definition) is 1. The maximum absolute atomic E-state index is 11.4. The van der Waals surface area contributed by atoms with Crippen LogP contribution in [0.25, 0.3) is 0 Å². The van der Waals surface area contributed by atoms with E-state index in [-0.39, 0.29) is 28.9 Å². The van der Waals surface area contributed by atoms with Gasteiger partial charge in [-0.15, -0.1) is 0 Å². The van der Waals surface area contributed by atoms with Gasteiger partial charge in [-0.2, -0.15) is 0 Å². The number of benzene rings is 1. The fourth-order valence-corrected chi connectivity index (χ4v) is 1.58. The van der Waals surface area contributed by atoms with Crippen LogP contribution in [-0.2, 0) is 14.3 Å². The first kappa shape index (κ1) is 16.8. The third-order valence-corrected chi connectivity index (χ3v) is 2.58. The Balaban J connectivity index is 3.00. The SMILES string of the molecule is CCOC(=O)C=C(Nc1cc([N+](=O)[O-])ccc1Cl)OCC. The van der Waals surface area contributed by atoms with Crippen molar-refractivity contribution < 1.29 is 19.2 Å². The number of nitrogens with zero attached hydrogens (tertiary/aromatic N) is 1. The first-order valence-corrected chi connectivity index (χ1v) is 6.58. The number of anilines is 1. The van der Waals surface area contributed by atoms with Gasteiger partial charge in [-0.05, 0) is 19.9 Å². The Morgan fingerprint density at radius 2 is 2.05 bits per heavy atom. The van der Waals surface area contributed by atoms with E-state index in [1.807, 2.05) is 0 Å². The molecule has 0 heterocycles. The van der Waals surface area contributed by atoms with Gasteiger partial charge in [0.2, 0.25) is 0 Å². The van der Waals surface area contributed by atoms with Crippen molar-refractivity contribution in [3.63, 3.8) is 0 Å². The lowest BCUT2D eigenvalue weighted by atomic mass is 10.3. The summed E-state index contributed by atoms with van der Waals surface area (Å²) in [6, 6.07) is 3.92.